The van der Waals surface area contributed by atoms with Gasteiger partial charge >= 0.3 is 11.9 Å². The Morgan fingerprint density at radius 2 is 1.89 bits per heavy atom. The quantitative estimate of drug-likeness (QED) is 0.541. The van der Waals surface area contributed by atoms with Gasteiger partial charge in [0.1, 0.15) is 6.10 Å². The minimum Gasteiger partial charge on any atom is -0.466 e. The number of esters is 2. The number of allylic oxidation sites excluding steroid dienone is 1. The van der Waals surface area contributed by atoms with Gasteiger partial charge in [0.05, 0.1) is 12.5 Å². The summed E-state index contributed by atoms with van der Waals surface area (Å²) in [6.07, 6.45) is 1.55. The highest BCUT2D eigenvalue weighted by atomic mass is 16.6. The van der Waals surface area contributed by atoms with Gasteiger partial charge in [-0.05, 0) is 18.8 Å². The van der Waals surface area contributed by atoms with Crippen molar-refractivity contribution in [3.63, 3.8) is 0 Å². The van der Waals surface area contributed by atoms with Gasteiger partial charge in [-0.25, -0.2) is 0 Å². The first-order valence-corrected chi connectivity index (χ1v) is 6.18. The second-order valence-electron chi connectivity index (χ2n) is 5.28. The van der Waals surface area contributed by atoms with Crippen LogP contribution in [-0.4, -0.2) is 24.6 Å². The molecule has 0 N–H and O–H groups in total. The molecule has 0 fully saturated rings. The van der Waals surface area contributed by atoms with E-state index >= 15 is 0 Å². The molecule has 18 heavy (non-hydrogen) atoms. The normalized spacial score (nSPS) is 14.5. The fourth-order valence-electron chi connectivity index (χ4n) is 1.81. The van der Waals surface area contributed by atoms with Crippen LogP contribution in [-0.2, 0) is 19.1 Å². The fourth-order valence-corrected chi connectivity index (χ4v) is 1.81. The van der Waals surface area contributed by atoms with Crippen molar-refractivity contribution in [2.45, 2.75) is 47.1 Å². The van der Waals surface area contributed by atoms with Crippen LogP contribution in [0.4, 0.5) is 0 Å². The minimum atomic E-state index is -0.521. The molecule has 0 aliphatic rings. The molecule has 0 heterocycles. The maximum absolute atomic E-state index is 11.9. The van der Waals surface area contributed by atoms with Gasteiger partial charge in [0.15, 0.2) is 0 Å². The summed E-state index contributed by atoms with van der Waals surface area (Å²) in [4.78, 5) is 23.1. The van der Waals surface area contributed by atoms with Crippen molar-refractivity contribution in [2.24, 2.45) is 11.3 Å². The fraction of sp³-hybridized carbons (Fsp3) is 0.714. The molecule has 0 aliphatic heterocycles. The van der Waals surface area contributed by atoms with Gasteiger partial charge in [0.2, 0.25) is 0 Å². The maximum atomic E-state index is 11.9. The summed E-state index contributed by atoms with van der Waals surface area (Å²) in [5, 5.41) is 0. The molecule has 0 unspecified atom stereocenters. The molecule has 0 saturated heterocycles. The van der Waals surface area contributed by atoms with Crippen molar-refractivity contribution in [1.29, 1.82) is 0 Å². The Morgan fingerprint density at radius 3 is 2.22 bits per heavy atom. The second kappa shape index (κ2) is 7.19. The Morgan fingerprint density at radius 1 is 1.33 bits per heavy atom. The smallest absolute Gasteiger partial charge is 0.313 e. The molecule has 0 spiro atoms. The molecule has 0 radical (unpaired) electrons. The molecule has 104 valence electrons. The van der Waals surface area contributed by atoms with Crippen LogP contribution in [0.5, 0.6) is 0 Å². The Labute approximate surface area is 109 Å². The monoisotopic (exact) mass is 256 g/mol. The lowest BCUT2D eigenvalue weighted by Gasteiger charge is -2.34. The van der Waals surface area contributed by atoms with E-state index in [0.717, 1.165) is 0 Å². The van der Waals surface area contributed by atoms with E-state index < -0.39 is 18.0 Å². The van der Waals surface area contributed by atoms with E-state index in [0.29, 0.717) is 13.0 Å². The summed E-state index contributed by atoms with van der Waals surface area (Å²) in [5.74, 6) is -1.25. The molecule has 4 nitrogen and oxygen atoms in total. The van der Waals surface area contributed by atoms with E-state index in [-0.39, 0.29) is 11.4 Å². The zero-order valence-electron chi connectivity index (χ0n) is 12.0. The van der Waals surface area contributed by atoms with Crippen LogP contribution in [0.3, 0.4) is 0 Å². The predicted molar refractivity (Wildman–Crippen MR) is 69.9 cm³/mol. The molecule has 4 heteroatoms. The van der Waals surface area contributed by atoms with E-state index in [4.69, 9.17) is 9.47 Å². The summed E-state index contributed by atoms with van der Waals surface area (Å²) in [7, 11) is 0. The average molecular weight is 256 g/mol. The third kappa shape index (κ3) is 5.34. The number of carbonyl (C=O) groups is 2. The molecule has 0 aromatic carbocycles. The van der Waals surface area contributed by atoms with Crippen LogP contribution in [0.1, 0.15) is 41.0 Å². The molecular weight excluding hydrogens is 232 g/mol. The number of hydrogen-bond acceptors (Lipinski definition) is 4. The molecule has 0 aromatic heterocycles. The van der Waals surface area contributed by atoms with E-state index in [1.54, 1.807) is 13.0 Å². The number of hydrogen-bond donors (Lipinski definition) is 0. The third-order valence-corrected chi connectivity index (χ3v) is 2.52. The Kier molecular flexibility index (Phi) is 6.66. The number of rotatable bonds is 6. The van der Waals surface area contributed by atoms with Gasteiger partial charge in [-0.2, -0.15) is 0 Å². The zero-order chi connectivity index (χ0) is 14.3. The zero-order valence-corrected chi connectivity index (χ0v) is 12.0. The van der Waals surface area contributed by atoms with Crippen molar-refractivity contribution in [3.8, 4) is 0 Å². The maximum Gasteiger partial charge on any atom is 0.313 e. The van der Waals surface area contributed by atoms with Gasteiger partial charge in [-0.15, -0.1) is 6.58 Å². The van der Waals surface area contributed by atoms with E-state index in [9.17, 15) is 9.59 Å². The number of carbonyl (C=O) groups excluding carboxylic acids is 2. The molecular formula is C14H24O4. The van der Waals surface area contributed by atoms with E-state index in [1.165, 1.54) is 6.92 Å². The second-order valence-corrected chi connectivity index (χ2v) is 5.28. The van der Waals surface area contributed by atoms with E-state index in [2.05, 4.69) is 6.58 Å². The Bertz CT molecular complexity index is 301. The molecule has 0 bridgehead atoms. The third-order valence-electron chi connectivity index (χ3n) is 2.52. The highest BCUT2D eigenvalue weighted by molar-refractivity contribution is 5.74. The van der Waals surface area contributed by atoms with Crippen LogP contribution in [0.2, 0.25) is 0 Å². The van der Waals surface area contributed by atoms with Crippen molar-refractivity contribution in [1.82, 2.24) is 0 Å². The van der Waals surface area contributed by atoms with E-state index in [1.807, 2.05) is 20.8 Å². The highest BCUT2D eigenvalue weighted by Crippen LogP contribution is 2.31. The summed E-state index contributed by atoms with van der Waals surface area (Å²) in [6.45, 7) is 12.8. The minimum absolute atomic E-state index is 0.309. The standard InChI is InChI=1S/C14H24O4/c1-7-9-11(13(16)17-8-2)12(14(4,5)6)18-10(3)15/h7,11-12H,1,8-9H2,2-6H3/t11-,12-/m1/s1. The Balaban J connectivity index is 5.14. The lowest BCUT2D eigenvalue weighted by atomic mass is 9.79. The summed E-state index contributed by atoms with van der Waals surface area (Å²) in [5.41, 5.74) is -0.341. The molecule has 0 rings (SSSR count). The first-order chi connectivity index (χ1) is 8.23. The van der Waals surface area contributed by atoms with Gasteiger partial charge in [0, 0.05) is 6.92 Å². The highest BCUT2D eigenvalue weighted by Gasteiger charge is 2.39. The summed E-state index contributed by atoms with van der Waals surface area (Å²) < 4.78 is 10.3. The summed E-state index contributed by atoms with van der Waals surface area (Å²) in [6, 6.07) is 0. The van der Waals surface area contributed by atoms with Gasteiger partial charge in [-0.3, -0.25) is 9.59 Å². The Hall–Kier alpha value is -1.32. The van der Waals surface area contributed by atoms with Crippen LogP contribution < -0.4 is 0 Å². The van der Waals surface area contributed by atoms with Crippen LogP contribution in [0.25, 0.3) is 0 Å². The van der Waals surface area contributed by atoms with Crippen molar-refractivity contribution in [3.05, 3.63) is 12.7 Å². The lowest BCUT2D eigenvalue weighted by Crippen LogP contribution is -2.42. The van der Waals surface area contributed by atoms with Gasteiger partial charge in [-0.1, -0.05) is 26.8 Å². The first-order valence-electron chi connectivity index (χ1n) is 6.18. The molecule has 0 saturated carbocycles. The van der Waals surface area contributed by atoms with Crippen LogP contribution in [0, 0.1) is 11.3 Å². The number of ether oxygens (including phenoxy) is 2. The lowest BCUT2D eigenvalue weighted by molar-refractivity contribution is -0.167. The van der Waals surface area contributed by atoms with Gasteiger partial charge in [0.25, 0.3) is 0 Å². The van der Waals surface area contributed by atoms with Crippen molar-refractivity contribution < 1.29 is 19.1 Å². The molecule has 0 aromatic rings. The van der Waals surface area contributed by atoms with Crippen LogP contribution >= 0.6 is 0 Å². The molecule has 0 aliphatic carbocycles. The topological polar surface area (TPSA) is 52.6 Å². The summed E-state index contributed by atoms with van der Waals surface area (Å²) >= 11 is 0. The average Bonchev–Trinajstić information content (AvgIpc) is 2.21. The van der Waals surface area contributed by atoms with Crippen molar-refractivity contribution >= 4 is 11.9 Å². The molecule has 2 atom stereocenters. The first kappa shape index (κ1) is 16.7. The molecule has 0 amide bonds. The predicted octanol–water partition coefficient (Wildman–Crippen LogP) is 2.72. The van der Waals surface area contributed by atoms with Gasteiger partial charge < -0.3 is 9.47 Å². The SMILES string of the molecule is C=CC[C@@H](C(=O)OCC)[C@@H](OC(C)=O)C(C)(C)C. The van der Waals surface area contributed by atoms with Crippen molar-refractivity contribution in [2.75, 3.05) is 6.61 Å². The largest absolute Gasteiger partial charge is 0.466 e. The van der Waals surface area contributed by atoms with Crippen LogP contribution in [0.15, 0.2) is 12.7 Å².